The smallest absolute Gasteiger partial charge is 0.274 e. The van der Waals surface area contributed by atoms with Crippen molar-refractivity contribution in [2.45, 2.75) is 56.6 Å². The lowest BCUT2D eigenvalue weighted by molar-refractivity contribution is 0.0882. The van der Waals surface area contributed by atoms with Crippen LogP contribution in [0.4, 0.5) is 10.1 Å². The standard InChI is InChI=1S/C29H37ClFN5O2/c1-28(2,36-11-9-34(3)10-12-36)7-8-29(38)16-20-13-19(14-21(20)17-29)25-26(35(4)18-32-25)27(37)33-22-5-6-24(31)23(30)15-22/h5-6,15,18-21,38H,9-14,16-17H2,1-4H3,(H,33,37). The number of carbonyl (C=O) groups excluding carboxylic acids is 1. The number of aliphatic hydroxyl groups is 1. The molecule has 0 radical (unpaired) electrons. The van der Waals surface area contributed by atoms with Crippen molar-refractivity contribution in [3.63, 3.8) is 0 Å². The number of carbonyl (C=O) groups is 1. The number of nitrogens with zero attached hydrogens (tertiary/aromatic N) is 4. The SMILES string of the molecule is CN1CCN(C(C)(C)C#CC2(O)CC3CC(c4ncn(C)c4C(=O)Nc4ccc(F)c(Cl)c4)CC3C2)CC1. The summed E-state index contributed by atoms with van der Waals surface area (Å²) in [6.45, 7) is 8.33. The van der Waals surface area contributed by atoms with Crippen LogP contribution < -0.4 is 5.32 Å². The highest BCUT2D eigenvalue weighted by molar-refractivity contribution is 6.31. The van der Waals surface area contributed by atoms with Crippen LogP contribution in [-0.2, 0) is 7.05 Å². The number of benzene rings is 1. The first-order valence-electron chi connectivity index (χ1n) is 13.4. The molecular weight excluding hydrogens is 505 g/mol. The normalized spacial score (nSPS) is 28.1. The van der Waals surface area contributed by atoms with E-state index in [0.717, 1.165) is 44.7 Å². The fourth-order valence-corrected chi connectivity index (χ4v) is 6.67. The molecule has 0 spiro atoms. The molecule has 3 aliphatic rings. The number of hydrogen-bond acceptors (Lipinski definition) is 5. The Bertz CT molecular complexity index is 1260. The summed E-state index contributed by atoms with van der Waals surface area (Å²) in [5.74, 6) is 6.72. The predicted octanol–water partition coefficient (Wildman–Crippen LogP) is 4.13. The number of imidazole rings is 1. The number of rotatable bonds is 4. The number of hydrogen-bond donors (Lipinski definition) is 2. The van der Waals surface area contributed by atoms with Gasteiger partial charge in [-0.1, -0.05) is 23.4 Å². The second-order valence-corrected chi connectivity index (χ2v) is 12.3. The van der Waals surface area contributed by atoms with E-state index in [0.29, 0.717) is 36.1 Å². The predicted molar refractivity (Wildman–Crippen MR) is 147 cm³/mol. The third-order valence-corrected chi connectivity index (χ3v) is 8.97. The summed E-state index contributed by atoms with van der Waals surface area (Å²) in [6, 6.07) is 4.12. The van der Waals surface area contributed by atoms with Gasteiger partial charge in [-0.3, -0.25) is 9.69 Å². The molecular formula is C29H37ClFN5O2. The Kier molecular flexibility index (Phi) is 7.34. The van der Waals surface area contributed by atoms with Crippen LogP contribution in [-0.4, -0.2) is 74.7 Å². The maximum absolute atomic E-state index is 13.5. The molecule has 2 unspecified atom stereocenters. The summed E-state index contributed by atoms with van der Waals surface area (Å²) >= 11 is 5.88. The van der Waals surface area contributed by atoms with Crippen molar-refractivity contribution in [2.24, 2.45) is 18.9 Å². The molecule has 2 aromatic rings. The fraction of sp³-hybridized carbons (Fsp3) is 0.586. The number of likely N-dealkylation sites (N-methyl/N-ethyl adjacent to an activating group) is 1. The van der Waals surface area contributed by atoms with Gasteiger partial charge < -0.3 is 19.9 Å². The first kappa shape index (κ1) is 27.1. The number of halogens is 2. The van der Waals surface area contributed by atoms with Crippen molar-refractivity contribution in [1.29, 1.82) is 0 Å². The van der Waals surface area contributed by atoms with Gasteiger partial charge in [0, 0.05) is 44.8 Å². The average Bonchev–Trinajstić information content (AvgIpc) is 3.51. The zero-order valence-electron chi connectivity index (χ0n) is 22.6. The Morgan fingerprint density at radius 2 is 1.84 bits per heavy atom. The summed E-state index contributed by atoms with van der Waals surface area (Å²) < 4.78 is 15.3. The topological polar surface area (TPSA) is 73.6 Å². The minimum Gasteiger partial charge on any atom is -0.378 e. The Balaban J connectivity index is 1.24. The van der Waals surface area contributed by atoms with E-state index >= 15 is 0 Å². The van der Waals surface area contributed by atoms with Crippen LogP contribution in [0.15, 0.2) is 24.5 Å². The minimum atomic E-state index is -0.962. The second-order valence-electron chi connectivity index (χ2n) is 11.9. The summed E-state index contributed by atoms with van der Waals surface area (Å²) in [5.41, 5.74) is 0.469. The van der Waals surface area contributed by atoms with Crippen LogP contribution in [0.25, 0.3) is 0 Å². The minimum absolute atomic E-state index is 0.0425. The number of aromatic nitrogens is 2. The number of anilines is 1. The number of nitrogens with one attached hydrogen (secondary N) is 1. The van der Waals surface area contributed by atoms with Crippen molar-refractivity contribution in [3.8, 4) is 11.8 Å². The molecule has 5 rings (SSSR count). The van der Waals surface area contributed by atoms with Gasteiger partial charge in [-0.25, -0.2) is 9.37 Å². The van der Waals surface area contributed by atoms with Gasteiger partial charge in [0.1, 0.15) is 17.1 Å². The summed E-state index contributed by atoms with van der Waals surface area (Å²) in [7, 11) is 3.94. The van der Waals surface area contributed by atoms with Gasteiger partial charge in [0.15, 0.2) is 0 Å². The van der Waals surface area contributed by atoms with E-state index in [4.69, 9.17) is 11.6 Å². The van der Waals surface area contributed by atoms with Gasteiger partial charge in [-0.05, 0) is 76.6 Å². The Labute approximate surface area is 229 Å². The number of aryl methyl sites for hydroxylation is 1. The first-order chi connectivity index (χ1) is 17.9. The third kappa shape index (κ3) is 5.48. The van der Waals surface area contributed by atoms with E-state index in [-0.39, 0.29) is 22.4 Å². The number of piperazine rings is 1. The Morgan fingerprint density at radius 3 is 2.47 bits per heavy atom. The van der Waals surface area contributed by atoms with Gasteiger partial charge in [-0.15, -0.1) is 0 Å². The van der Waals surface area contributed by atoms with Crippen LogP contribution in [0.3, 0.4) is 0 Å². The van der Waals surface area contributed by atoms with Crippen molar-refractivity contribution < 1.29 is 14.3 Å². The first-order valence-corrected chi connectivity index (χ1v) is 13.8. The lowest BCUT2D eigenvalue weighted by Gasteiger charge is -2.40. The molecule has 1 aromatic carbocycles. The van der Waals surface area contributed by atoms with Crippen molar-refractivity contribution >= 4 is 23.2 Å². The second kappa shape index (κ2) is 10.3. The zero-order chi connectivity index (χ0) is 27.2. The maximum Gasteiger partial charge on any atom is 0.274 e. The molecule has 2 aliphatic carbocycles. The highest BCUT2D eigenvalue weighted by atomic mass is 35.5. The van der Waals surface area contributed by atoms with Gasteiger partial charge in [0.05, 0.1) is 22.6 Å². The van der Waals surface area contributed by atoms with E-state index < -0.39 is 11.4 Å². The maximum atomic E-state index is 13.5. The molecule has 2 N–H and O–H groups in total. The number of fused-ring (bicyclic) bond motifs is 1. The van der Waals surface area contributed by atoms with Crippen molar-refractivity contribution in [2.75, 3.05) is 38.5 Å². The molecule has 9 heteroatoms. The van der Waals surface area contributed by atoms with Crippen LogP contribution in [0.2, 0.25) is 5.02 Å². The molecule has 2 heterocycles. The summed E-state index contributed by atoms with van der Waals surface area (Å²) in [6.07, 6.45) is 4.72. The van der Waals surface area contributed by atoms with E-state index in [1.54, 1.807) is 17.9 Å². The van der Waals surface area contributed by atoms with E-state index in [2.05, 4.69) is 52.8 Å². The molecule has 38 heavy (non-hydrogen) atoms. The monoisotopic (exact) mass is 541 g/mol. The fourth-order valence-electron chi connectivity index (χ4n) is 6.49. The van der Waals surface area contributed by atoms with Gasteiger partial charge >= 0.3 is 0 Å². The quantitative estimate of drug-likeness (QED) is 0.569. The van der Waals surface area contributed by atoms with Crippen LogP contribution in [0.5, 0.6) is 0 Å². The molecule has 3 fully saturated rings. The lowest BCUT2D eigenvalue weighted by Crippen LogP contribution is -2.53. The molecule has 2 saturated carbocycles. The van der Waals surface area contributed by atoms with Gasteiger partial charge in [0.25, 0.3) is 5.91 Å². The molecule has 1 amide bonds. The van der Waals surface area contributed by atoms with E-state index in [1.165, 1.54) is 18.2 Å². The molecule has 7 nitrogen and oxygen atoms in total. The van der Waals surface area contributed by atoms with Crippen LogP contribution in [0.1, 0.15) is 61.6 Å². The zero-order valence-corrected chi connectivity index (χ0v) is 23.4. The van der Waals surface area contributed by atoms with E-state index in [9.17, 15) is 14.3 Å². The Hall–Kier alpha value is -2.44. The lowest BCUT2D eigenvalue weighted by atomic mass is 9.91. The van der Waals surface area contributed by atoms with Crippen molar-refractivity contribution in [3.05, 3.63) is 46.8 Å². The highest BCUT2D eigenvalue weighted by Gasteiger charge is 2.49. The summed E-state index contributed by atoms with van der Waals surface area (Å²) in [4.78, 5) is 22.5. The molecule has 204 valence electrons. The highest BCUT2D eigenvalue weighted by Crippen LogP contribution is 2.53. The van der Waals surface area contributed by atoms with E-state index in [1.807, 2.05) is 0 Å². The molecule has 1 aliphatic heterocycles. The Morgan fingerprint density at radius 1 is 1.18 bits per heavy atom. The van der Waals surface area contributed by atoms with Gasteiger partial charge in [0.2, 0.25) is 0 Å². The third-order valence-electron chi connectivity index (χ3n) is 8.68. The average molecular weight is 542 g/mol. The van der Waals surface area contributed by atoms with Gasteiger partial charge in [-0.2, -0.15) is 0 Å². The van der Waals surface area contributed by atoms with Crippen molar-refractivity contribution in [1.82, 2.24) is 19.4 Å². The molecule has 0 bridgehead atoms. The molecule has 1 saturated heterocycles. The van der Waals surface area contributed by atoms with Crippen LogP contribution in [0, 0.1) is 29.5 Å². The summed E-state index contributed by atoms with van der Waals surface area (Å²) in [5, 5.41) is 14.2. The van der Waals surface area contributed by atoms with Crippen LogP contribution >= 0.6 is 11.6 Å². The molecule has 1 aromatic heterocycles. The largest absolute Gasteiger partial charge is 0.378 e. The molecule has 2 atom stereocenters. The number of amides is 1.